The van der Waals surface area contributed by atoms with Crippen LogP contribution in [-0.4, -0.2) is 30.7 Å². The summed E-state index contributed by atoms with van der Waals surface area (Å²) >= 11 is 0. The minimum absolute atomic E-state index is 0. The molecule has 0 aromatic heterocycles. The molecule has 0 unspecified atom stereocenters. The molecule has 0 aliphatic carbocycles. The monoisotopic (exact) mass is 78.1 g/mol. The van der Waals surface area contributed by atoms with Gasteiger partial charge in [-0.3, -0.25) is 0 Å². The molecule has 0 rings (SSSR count). The van der Waals surface area contributed by atoms with E-state index in [1.165, 1.54) is 0 Å². The van der Waals surface area contributed by atoms with Crippen LogP contribution in [0, 0.1) is 0 Å². The summed E-state index contributed by atoms with van der Waals surface area (Å²) in [7, 11) is 0. The largest absolute Gasteiger partial charge is 1.00 e. The molecule has 1 nitrogen and oxygen atoms in total. The zero-order valence-corrected chi connectivity index (χ0v) is 4.65. The molecular weight excluding hydrogens is 71.4 g/mol. The molecule has 5 heteroatoms. The molecule has 6 radical (unpaired) electrons. The van der Waals surface area contributed by atoms with Crippen LogP contribution in [0.4, 0.5) is 0 Å². The topological polar surface area (TPSA) is 31.5 Å². The van der Waals surface area contributed by atoms with Crippen molar-refractivity contribution < 1.29 is 35.0 Å². The Kier molecular flexibility index (Phi) is 1640. The van der Waals surface area contributed by atoms with Crippen molar-refractivity contribution in [3.05, 3.63) is 0 Å². The van der Waals surface area contributed by atoms with E-state index in [1.54, 1.807) is 0 Å². The second kappa shape index (κ2) is 66.7. The van der Waals surface area contributed by atoms with Gasteiger partial charge in [-0.05, 0) is 0 Å². The summed E-state index contributed by atoms with van der Waals surface area (Å²) in [5.41, 5.74) is 0. The fourth-order valence-electron chi connectivity index (χ4n) is 0. The molecule has 5 heavy (non-hydrogen) atoms. The summed E-state index contributed by atoms with van der Waals surface area (Å²) in [6.07, 6.45) is 0. The van der Waals surface area contributed by atoms with Gasteiger partial charge in [0.1, 0.15) is 0 Å². The van der Waals surface area contributed by atoms with Crippen molar-refractivity contribution in [2.45, 2.75) is 0 Å². The van der Waals surface area contributed by atoms with E-state index in [0.717, 1.165) is 0 Å². The Bertz CT molecular complexity index is 6.85. The number of rotatable bonds is 0. The zero-order valence-electron chi connectivity index (χ0n) is 2.65. The second-order valence-electron chi connectivity index (χ2n) is 0. The molecule has 0 amide bonds. The van der Waals surface area contributed by atoms with Gasteiger partial charge in [0.05, 0.1) is 0 Å². The van der Waals surface area contributed by atoms with Gasteiger partial charge in [-0.2, -0.15) is 0 Å². The maximum Gasteiger partial charge on any atom is 1.00 e. The van der Waals surface area contributed by atoms with Crippen molar-refractivity contribution in [3.63, 3.8) is 0 Å². The zero-order chi connectivity index (χ0) is 0. The third-order valence-corrected chi connectivity index (χ3v) is 0. The number of hydrogen-bond acceptors (Lipinski definition) is 0. The Labute approximate surface area is 60.2 Å². The van der Waals surface area contributed by atoms with E-state index in [2.05, 4.69) is 0 Å². The predicted molar refractivity (Wildman–Crippen MR) is 26.5 cm³/mol. The van der Waals surface area contributed by atoms with E-state index in [9.17, 15) is 0 Å². The molecule has 0 fully saturated rings. The van der Waals surface area contributed by atoms with Crippen molar-refractivity contribution >= 4 is 25.2 Å². The van der Waals surface area contributed by atoms with Crippen molar-refractivity contribution in [2.75, 3.05) is 0 Å². The molecule has 0 aliphatic rings. The van der Waals surface area contributed by atoms with Gasteiger partial charge in [-0.1, -0.05) is 8.41 Å². The molecule has 0 heterocycles. The SMILES string of the molecule is O.[BH4-].[B].[B].[Na+]. The van der Waals surface area contributed by atoms with Gasteiger partial charge < -0.3 is 5.48 Å². The van der Waals surface area contributed by atoms with Gasteiger partial charge in [-0.15, -0.1) is 0 Å². The van der Waals surface area contributed by atoms with Crippen LogP contribution >= 0.6 is 0 Å². The average Bonchev–Trinajstić information content (AvgIpc) is 0. The molecule has 0 saturated heterocycles. The van der Waals surface area contributed by atoms with E-state index < -0.39 is 0 Å². The molecule has 22 valence electrons. The summed E-state index contributed by atoms with van der Waals surface area (Å²) < 4.78 is 0. The molecule has 0 spiro atoms. The summed E-state index contributed by atoms with van der Waals surface area (Å²) in [4.78, 5) is 0. The van der Waals surface area contributed by atoms with Crippen molar-refractivity contribution in [1.29, 1.82) is 0 Å². The van der Waals surface area contributed by atoms with Crippen LogP contribution < -0.4 is 29.6 Å². The summed E-state index contributed by atoms with van der Waals surface area (Å²) in [5, 5.41) is 0. The Morgan fingerprint density at radius 1 is 0.800 bits per heavy atom. The van der Waals surface area contributed by atoms with Crippen molar-refractivity contribution in [1.82, 2.24) is 0 Å². The minimum atomic E-state index is 0. The van der Waals surface area contributed by atoms with Gasteiger partial charge in [0.15, 0.2) is 0 Å². The third kappa shape index (κ3) is 38.5. The van der Waals surface area contributed by atoms with E-state index in [-0.39, 0.29) is 60.3 Å². The van der Waals surface area contributed by atoms with E-state index in [1.807, 2.05) is 0 Å². The molecule has 0 atom stereocenters. The standard InChI is InChI=1S/BH4.2B.Na.H2O/h1H4;;;;1H2/q-1;;;+1;. The van der Waals surface area contributed by atoms with Crippen LogP contribution in [0.3, 0.4) is 0 Å². The fraction of sp³-hybridized carbons (Fsp3) is 0. The van der Waals surface area contributed by atoms with E-state index in [4.69, 9.17) is 0 Å². The van der Waals surface area contributed by atoms with E-state index >= 15 is 0 Å². The van der Waals surface area contributed by atoms with Gasteiger partial charge in [0.25, 0.3) is 0 Å². The van der Waals surface area contributed by atoms with Crippen LogP contribution in [0.25, 0.3) is 0 Å². The maximum atomic E-state index is 0. The Morgan fingerprint density at radius 2 is 0.800 bits per heavy atom. The molecule has 0 aliphatic heterocycles. The van der Waals surface area contributed by atoms with Gasteiger partial charge in [-0.25, -0.2) is 0 Å². The van der Waals surface area contributed by atoms with Crippen molar-refractivity contribution in [2.24, 2.45) is 0 Å². The fourth-order valence-corrected chi connectivity index (χ4v) is 0. The maximum absolute atomic E-state index is 0. The van der Waals surface area contributed by atoms with E-state index in [0.29, 0.717) is 0 Å². The van der Waals surface area contributed by atoms with Crippen LogP contribution in [0.5, 0.6) is 0 Å². The summed E-state index contributed by atoms with van der Waals surface area (Å²) in [5.74, 6) is 0. The molecule has 2 N–H and O–H groups in total. The Balaban J connectivity index is 0. The van der Waals surface area contributed by atoms with Crippen LogP contribution in [0.1, 0.15) is 0 Å². The smallest absolute Gasteiger partial charge is 0.412 e. The van der Waals surface area contributed by atoms with Gasteiger partial charge in [0, 0.05) is 16.8 Å². The van der Waals surface area contributed by atoms with Gasteiger partial charge >= 0.3 is 29.6 Å². The number of hydrogen-bond donors (Lipinski definition) is 0. The normalized spacial score (nSPS) is 0. The molecule has 0 aromatic carbocycles. The minimum Gasteiger partial charge on any atom is -0.412 e. The molecule has 0 bridgehead atoms. The average molecular weight is 77.5 g/mol. The first-order valence-corrected chi connectivity index (χ1v) is 0. The molecular formula is H6B3NaO. The van der Waals surface area contributed by atoms with Crippen LogP contribution in [0.2, 0.25) is 0 Å². The van der Waals surface area contributed by atoms with Crippen LogP contribution in [0.15, 0.2) is 0 Å². The molecule has 0 aromatic rings. The van der Waals surface area contributed by atoms with Gasteiger partial charge in [0.2, 0.25) is 0 Å². The van der Waals surface area contributed by atoms with Crippen molar-refractivity contribution in [3.8, 4) is 0 Å². The first-order valence-electron chi connectivity index (χ1n) is 0. The summed E-state index contributed by atoms with van der Waals surface area (Å²) in [6.45, 7) is 0. The summed E-state index contributed by atoms with van der Waals surface area (Å²) in [6, 6.07) is 0. The predicted octanol–water partition coefficient (Wildman–Crippen LogP) is -6.03. The Hall–Kier alpha value is 1.15. The van der Waals surface area contributed by atoms with Crippen LogP contribution in [-0.2, 0) is 0 Å². The molecule has 0 saturated carbocycles. The third-order valence-electron chi connectivity index (χ3n) is 0. The second-order valence-corrected chi connectivity index (χ2v) is 0. The first kappa shape index (κ1) is 123. The Morgan fingerprint density at radius 3 is 0.800 bits per heavy atom. The quantitative estimate of drug-likeness (QED) is 0.258. The first-order chi connectivity index (χ1) is 0.